The Morgan fingerprint density at radius 3 is 1.59 bits per heavy atom. The van der Waals surface area contributed by atoms with Gasteiger partial charge in [-0.25, -0.2) is 4.98 Å². The molecule has 3 nitrogen and oxygen atoms in total. The summed E-state index contributed by atoms with van der Waals surface area (Å²) in [5.74, 6) is 0.903. The van der Waals surface area contributed by atoms with Gasteiger partial charge in [0.2, 0.25) is 0 Å². The van der Waals surface area contributed by atoms with E-state index in [1.807, 2.05) is 0 Å². The van der Waals surface area contributed by atoms with E-state index in [-0.39, 0.29) is 0 Å². The first-order valence-corrected chi connectivity index (χ1v) is 18.5. The van der Waals surface area contributed by atoms with Crippen molar-refractivity contribution >= 4 is 54.5 Å². The van der Waals surface area contributed by atoms with Crippen LogP contribution in [0.15, 0.2) is 200 Å². The number of nitrogens with zero attached hydrogens (tertiary/aromatic N) is 3. The fraction of sp³-hybridized carbons (Fsp3) is 0. The third kappa shape index (κ3) is 4.79. The average molecular weight is 688 g/mol. The van der Waals surface area contributed by atoms with E-state index < -0.39 is 0 Å². The van der Waals surface area contributed by atoms with Gasteiger partial charge in [0.15, 0.2) is 0 Å². The van der Waals surface area contributed by atoms with Crippen molar-refractivity contribution < 1.29 is 0 Å². The summed E-state index contributed by atoms with van der Waals surface area (Å²) in [4.78, 5) is 5.34. The second-order valence-electron chi connectivity index (χ2n) is 14.0. The number of aromatic nitrogens is 3. The van der Waals surface area contributed by atoms with Gasteiger partial charge in [-0.3, -0.25) is 4.57 Å². The van der Waals surface area contributed by atoms with Crippen molar-refractivity contribution in [2.24, 2.45) is 0 Å². The fourth-order valence-corrected chi connectivity index (χ4v) is 8.39. The van der Waals surface area contributed by atoms with E-state index in [1.54, 1.807) is 0 Å². The Bertz CT molecular complexity index is 3190. The Labute approximate surface area is 312 Å². The molecule has 0 fully saturated rings. The van der Waals surface area contributed by atoms with Gasteiger partial charge in [0, 0.05) is 32.6 Å². The van der Waals surface area contributed by atoms with Crippen molar-refractivity contribution in [2.45, 2.75) is 0 Å². The Morgan fingerprint density at radius 2 is 0.815 bits per heavy atom. The average Bonchev–Trinajstić information content (AvgIpc) is 3.76. The number of pyridine rings is 1. The molecule has 0 spiro atoms. The van der Waals surface area contributed by atoms with E-state index in [0.717, 1.165) is 39.0 Å². The van der Waals surface area contributed by atoms with Crippen molar-refractivity contribution in [3.63, 3.8) is 0 Å². The number of hydrogen-bond acceptors (Lipinski definition) is 1. The summed E-state index contributed by atoms with van der Waals surface area (Å²) in [6.45, 7) is 0. The third-order valence-corrected chi connectivity index (χ3v) is 10.9. The highest BCUT2D eigenvalue weighted by Crippen LogP contribution is 2.39. The van der Waals surface area contributed by atoms with Gasteiger partial charge in [-0.2, -0.15) is 0 Å². The molecule has 3 heterocycles. The molecule has 0 aliphatic heterocycles. The van der Waals surface area contributed by atoms with E-state index in [0.29, 0.717) is 0 Å². The van der Waals surface area contributed by atoms with Crippen molar-refractivity contribution in [3.8, 4) is 44.9 Å². The number of rotatable bonds is 5. The maximum Gasteiger partial charge on any atom is 0.138 e. The number of fused-ring (bicyclic) bond motifs is 7. The normalized spacial score (nSPS) is 11.7. The standard InChI is InChI=1S/C51H33N3/c1-3-13-34(14-4-1)35-23-25-36(26-24-35)44-33-51(52-46-20-10-7-17-40(44)46)54-48-22-12-8-18-41(48)43-29-27-38(32-50(43)54)37-28-30-49-45(31-37)42-19-9-11-21-47(42)53(49)39-15-5-2-6-16-39/h1-33H. The minimum Gasteiger partial charge on any atom is -0.309 e. The fourth-order valence-electron chi connectivity index (χ4n) is 8.39. The molecule has 8 aromatic carbocycles. The highest BCUT2D eigenvalue weighted by molar-refractivity contribution is 6.12. The first-order valence-electron chi connectivity index (χ1n) is 18.5. The predicted molar refractivity (Wildman–Crippen MR) is 227 cm³/mol. The highest BCUT2D eigenvalue weighted by Gasteiger charge is 2.18. The molecule has 0 amide bonds. The summed E-state index contributed by atoms with van der Waals surface area (Å²) in [5.41, 5.74) is 13.9. The third-order valence-electron chi connectivity index (χ3n) is 10.9. The van der Waals surface area contributed by atoms with Crippen LogP contribution < -0.4 is 0 Å². The van der Waals surface area contributed by atoms with Crippen molar-refractivity contribution in [1.82, 2.24) is 14.1 Å². The van der Waals surface area contributed by atoms with Crippen LogP contribution in [0.4, 0.5) is 0 Å². The first-order chi connectivity index (χ1) is 26.8. The zero-order valence-corrected chi connectivity index (χ0v) is 29.4. The molecule has 0 N–H and O–H groups in total. The van der Waals surface area contributed by atoms with Gasteiger partial charge < -0.3 is 4.57 Å². The van der Waals surface area contributed by atoms with E-state index in [4.69, 9.17) is 4.98 Å². The largest absolute Gasteiger partial charge is 0.309 e. The van der Waals surface area contributed by atoms with Crippen LogP contribution in [0.2, 0.25) is 0 Å². The Hall–Kier alpha value is -7.23. The number of benzene rings is 8. The molecule has 0 aliphatic rings. The quantitative estimate of drug-likeness (QED) is 0.177. The number of para-hydroxylation sites is 4. The second kappa shape index (κ2) is 12.2. The summed E-state index contributed by atoms with van der Waals surface area (Å²) in [6, 6.07) is 72.1. The van der Waals surface area contributed by atoms with Crippen molar-refractivity contribution in [2.75, 3.05) is 0 Å². The monoisotopic (exact) mass is 687 g/mol. The predicted octanol–water partition coefficient (Wildman–Crippen LogP) is 13.4. The molecule has 3 heteroatoms. The van der Waals surface area contributed by atoms with Crippen LogP contribution in [0.3, 0.4) is 0 Å². The molecule has 252 valence electrons. The molecular weight excluding hydrogens is 655 g/mol. The molecule has 0 bridgehead atoms. The van der Waals surface area contributed by atoms with Gasteiger partial charge in [-0.05, 0) is 88.0 Å². The molecule has 54 heavy (non-hydrogen) atoms. The molecule has 3 aromatic heterocycles. The first kappa shape index (κ1) is 30.4. The van der Waals surface area contributed by atoms with Crippen LogP contribution in [0.25, 0.3) is 99.4 Å². The lowest BCUT2D eigenvalue weighted by molar-refractivity contribution is 1.10. The lowest BCUT2D eigenvalue weighted by Crippen LogP contribution is -1.99. The summed E-state index contributed by atoms with van der Waals surface area (Å²) in [5, 5.41) is 6.05. The Kier molecular flexibility index (Phi) is 6.86. The van der Waals surface area contributed by atoms with Gasteiger partial charge >= 0.3 is 0 Å². The van der Waals surface area contributed by atoms with Crippen LogP contribution in [-0.4, -0.2) is 14.1 Å². The SMILES string of the molecule is c1ccc(-c2ccc(-c3cc(-n4c5ccccc5c5ccc(-c6ccc7c(c6)c6ccccc6n7-c6ccccc6)cc54)nc4ccccc34)cc2)cc1. The molecule has 0 saturated heterocycles. The maximum atomic E-state index is 5.34. The zero-order chi connectivity index (χ0) is 35.6. The molecule has 0 unspecified atom stereocenters. The van der Waals surface area contributed by atoms with Crippen LogP contribution >= 0.6 is 0 Å². The van der Waals surface area contributed by atoms with E-state index in [1.165, 1.54) is 60.4 Å². The van der Waals surface area contributed by atoms with Crippen molar-refractivity contribution in [3.05, 3.63) is 200 Å². The molecule has 0 atom stereocenters. The van der Waals surface area contributed by atoms with E-state index in [2.05, 4.69) is 209 Å². The van der Waals surface area contributed by atoms with E-state index >= 15 is 0 Å². The van der Waals surface area contributed by atoms with E-state index in [9.17, 15) is 0 Å². The summed E-state index contributed by atoms with van der Waals surface area (Å²) >= 11 is 0. The maximum absolute atomic E-state index is 5.34. The van der Waals surface area contributed by atoms with Crippen LogP contribution in [0, 0.1) is 0 Å². The van der Waals surface area contributed by atoms with Gasteiger partial charge in [-0.1, -0.05) is 146 Å². The lowest BCUT2D eigenvalue weighted by atomic mass is 9.98. The van der Waals surface area contributed by atoms with Crippen LogP contribution in [-0.2, 0) is 0 Å². The summed E-state index contributed by atoms with van der Waals surface area (Å²) in [6.07, 6.45) is 0. The smallest absolute Gasteiger partial charge is 0.138 e. The highest BCUT2D eigenvalue weighted by atomic mass is 15.1. The molecule has 11 rings (SSSR count). The molecular formula is C51H33N3. The Balaban J connectivity index is 1.10. The van der Waals surface area contributed by atoms with Gasteiger partial charge in [0.25, 0.3) is 0 Å². The molecule has 11 aromatic rings. The van der Waals surface area contributed by atoms with Gasteiger partial charge in [0.1, 0.15) is 5.82 Å². The minimum atomic E-state index is 0.903. The summed E-state index contributed by atoms with van der Waals surface area (Å²) < 4.78 is 4.72. The minimum absolute atomic E-state index is 0.903. The number of hydrogen-bond donors (Lipinski definition) is 0. The van der Waals surface area contributed by atoms with Crippen LogP contribution in [0.5, 0.6) is 0 Å². The molecule has 0 radical (unpaired) electrons. The zero-order valence-electron chi connectivity index (χ0n) is 29.4. The topological polar surface area (TPSA) is 22.8 Å². The van der Waals surface area contributed by atoms with Gasteiger partial charge in [-0.15, -0.1) is 0 Å². The second-order valence-corrected chi connectivity index (χ2v) is 14.0. The van der Waals surface area contributed by atoms with Gasteiger partial charge in [0.05, 0.1) is 27.6 Å². The van der Waals surface area contributed by atoms with Crippen LogP contribution in [0.1, 0.15) is 0 Å². The summed E-state index contributed by atoms with van der Waals surface area (Å²) in [7, 11) is 0. The molecule has 0 aliphatic carbocycles. The lowest BCUT2D eigenvalue weighted by Gasteiger charge is -2.14. The molecule has 0 saturated carbocycles. The Morgan fingerprint density at radius 1 is 0.296 bits per heavy atom. The van der Waals surface area contributed by atoms with Crippen molar-refractivity contribution in [1.29, 1.82) is 0 Å².